The molecule has 0 aromatic carbocycles. The molecule has 3 unspecified atom stereocenters. The summed E-state index contributed by atoms with van der Waals surface area (Å²) in [6.45, 7) is 3.74. The van der Waals surface area contributed by atoms with E-state index in [0.717, 1.165) is 0 Å². The molecule has 0 radical (unpaired) electrons. The Bertz CT molecular complexity index is 353. The molecule has 0 bridgehead atoms. The van der Waals surface area contributed by atoms with Gasteiger partial charge in [0.25, 0.3) is 0 Å². The molecular formula is C10H18ClNO3S. The van der Waals surface area contributed by atoms with E-state index in [1.807, 2.05) is 13.8 Å². The van der Waals surface area contributed by atoms with E-state index in [0.29, 0.717) is 12.8 Å². The van der Waals surface area contributed by atoms with E-state index in [1.54, 1.807) is 0 Å². The van der Waals surface area contributed by atoms with Crippen molar-refractivity contribution >= 4 is 27.3 Å². The normalized spacial score (nSPS) is 27.3. The van der Waals surface area contributed by atoms with Gasteiger partial charge in [0.1, 0.15) is 0 Å². The zero-order chi connectivity index (χ0) is 12.3. The maximum atomic E-state index is 11.7. The molecular weight excluding hydrogens is 250 g/mol. The molecule has 6 heteroatoms. The van der Waals surface area contributed by atoms with Gasteiger partial charge in [0, 0.05) is 11.4 Å². The van der Waals surface area contributed by atoms with Crippen molar-refractivity contribution in [1.29, 1.82) is 0 Å². The van der Waals surface area contributed by atoms with E-state index in [1.165, 1.54) is 0 Å². The molecule has 1 saturated heterocycles. The van der Waals surface area contributed by atoms with Crippen LogP contribution in [0.4, 0.5) is 0 Å². The highest BCUT2D eigenvalue weighted by Gasteiger charge is 2.33. The van der Waals surface area contributed by atoms with E-state index in [2.05, 4.69) is 5.32 Å². The van der Waals surface area contributed by atoms with Crippen molar-refractivity contribution in [3.8, 4) is 0 Å². The van der Waals surface area contributed by atoms with Crippen LogP contribution in [0.5, 0.6) is 0 Å². The van der Waals surface area contributed by atoms with Crippen molar-refractivity contribution in [2.24, 2.45) is 5.92 Å². The number of carbonyl (C=O) groups excluding carboxylic acids is 1. The summed E-state index contributed by atoms with van der Waals surface area (Å²) in [6, 6.07) is -0.0108. The Balaban J connectivity index is 2.42. The first-order valence-electron chi connectivity index (χ1n) is 5.45. The second-order valence-electron chi connectivity index (χ2n) is 4.53. The van der Waals surface area contributed by atoms with Gasteiger partial charge in [0.2, 0.25) is 5.91 Å². The molecule has 1 amide bonds. The summed E-state index contributed by atoms with van der Waals surface area (Å²) in [7, 11) is -2.99. The van der Waals surface area contributed by atoms with Gasteiger partial charge in [-0.05, 0) is 26.7 Å². The Hall–Kier alpha value is -0.290. The maximum Gasteiger partial charge on any atom is 0.224 e. The zero-order valence-corrected chi connectivity index (χ0v) is 11.1. The van der Waals surface area contributed by atoms with Gasteiger partial charge in [-0.3, -0.25) is 4.79 Å². The van der Waals surface area contributed by atoms with E-state index in [9.17, 15) is 13.2 Å². The fraction of sp³-hybridized carbons (Fsp3) is 0.900. The van der Waals surface area contributed by atoms with Crippen LogP contribution in [-0.4, -0.2) is 37.2 Å². The summed E-state index contributed by atoms with van der Waals surface area (Å²) < 4.78 is 22.4. The zero-order valence-electron chi connectivity index (χ0n) is 9.57. The Labute approximate surface area is 102 Å². The molecule has 1 N–H and O–H groups in total. The third kappa shape index (κ3) is 4.29. The molecule has 94 valence electrons. The first kappa shape index (κ1) is 13.8. The highest BCUT2D eigenvalue weighted by molar-refractivity contribution is 7.91. The lowest BCUT2D eigenvalue weighted by molar-refractivity contribution is -0.124. The molecule has 1 aliphatic heterocycles. The molecule has 3 atom stereocenters. The Morgan fingerprint density at radius 2 is 2.12 bits per heavy atom. The van der Waals surface area contributed by atoms with Crippen LogP contribution in [0.1, 0.15) is 26.7 Å². The molecule has 16 heavy (non-hydrogen) atoms. The second-order valence-corrected chi connectivity index (χ2v) is 7.50. The molecule has 0 spiro atoms. The smallest absolute Gasteiger partial charge is 0.224 e. The third-order valence-electron chi connectivity index (χ3n) is 2.67. The number of nitrogens with one attached hydrogen (secondary N) is 1. The lowest BCUT2D eigenvalue weighted by Gasteiger charge is -2.17. The number of carbonyl (C=O) groups is 1. The van der Waals surface area contributed by atoms with Crippen LogP contribution in [0.25, 0.3) is 0 Å². The molecule has 1 fully saturated rings. The topological polar surface area (TPSA) is 63.2 Å². The van der Waals surface area contributed by atoms with E-state index >= 15 is 0 Å². The van der Waals surface area contributed by atoms with Crippen molar-refractivity contribution in [2.75, 3.05) is 11.5 Å². The fourth-order valence-corrected chi connectivity index (χ4v) is 3.92. The predicted octanol–water partition coefficient (Wildman–Crippen LogP) is 0.943. The van der Waals surface area contributed by atoms with Crippen LogP contribution in [0.15, 0.2) is 0 Å². The van der Waals surface area contributed by atoms with Crippen LogP contribution in [0.2, 0.25) is 0 Å². The van der Waals surface area contributed by atoms with Gasteiger partial charge in [-0.25, -0.2) is 8.42 Å². The number of alkyl halides is 1. The summed E-state index contributed by atoms with van der Waals surface area (Å²) in [6.07, 6.45) is 1.13. The largest absolute Gasteiger partial charge is 0.353 e. The molecule has 1 heterocycles. The number of rotatable bonds is 4. The van der Waals surface area contributed by atoms with Gasteiger partial charge >= 0.3 is 0 Å². The Morgan fingerprint density at radius 1 is 1.50 bits per heavy atom. The first-order valence-corrected chi connectivity index (χ1v) is 7.71. The summed E-state index contributed by atoms with van der Waals surface area (Å²) in [5.41, 5.74) is 0. The van der Waals surface area contributed by atoms with Crippen LogP contribution < -0.4 is 5.32 Å². The maximum absolute atomic E-state index is 11.7. The quantitative estimate of drug-likeness (QED) is 0.771. The Kier molecular flexibility index (Phi) is 4.62. The first-order chi connectivity index (χ1) is 7.30. The molecule has 0 aromatic heterocycles. The lowest BCUT2D eigenvalue weighted by Crippen LogP contribution is -2.38. The van der Waals surface area contributed by atoms with Crippen molar-refractivity contribution in [1.82, 2.24) is 5.32 Å². The van der Waals surface area contributed by atoms with Gasteiger partial charge < -0.3 is 5.32 Å². The summed E-state index contributed by atoms with van der Waals surface area (Å²) in [4.78, 5) is 11.7. The molecule has 1 rings (SSSR count). The SMILES string of the molecule is CC(Cl)CC(C)NC(=O)C1CCS(=O)(=O)C1. The van der Waals surface area contributed by atoms with Crippen LogP contribution in [-0.2, 0) is 14.6 Å². The minimum absolute atomic E-state index is 0.00242. The highest BCUT2D eigenvalue weighted by atomic mass is 35.5. The van der Waals surface area contributed by atoms with Crippen molar-refractivity contribution in [3.63, 3.8) is 0 Å². The molecule has 0 saturated carbocycles. The van der Waals surface area contributed by atoms with Gasteiger partial charge in [-0.15, -0.1) is 11.6 Å². The lowest BCUT2D eigenvalue weighted by atomic mass is 10.1. The number of sulfone groups is 1. The van der Waals surface area contributed by atoms with Crippen LogP contribution >= 0.6 is 11.6 Å². The minimum atomic E-state index is -2.99. The van der Waals surface area contributed by atoms with Crippen molar-refractivity contribution < 1.29 is 13.2 Å². The molecule has 0 aliphatic carbocycles. The second kappa shape index (κ2) is 5.36. The highest BCUT2D eigenvalue weighted by Crippen LogP contribution is 2.18. The monoisotopic (exact) mass is 267 g/mol. The number of hydrogen-bond acceptors (Lipinski definition) is 3. The standard InChI is InChI=1S/C10H18ClNO3S/c1-7(11)5-8(2)12-10(13)9-3-4-16(14,15)6-9/h7-9H,3-6H2,1-2H3,(H,12,13). The minimum Gasteiger partial charge on any atom is -0.353 e. The third-order valence-corrected chi connectivity index (χ3v) is 4.62. The predicted molar refractivity (Wildman–Crippen MR) is 64.3 cm³/mol. The summed E-state index contributed by atoms with van der Waals surface area (Å²) in [5, 5.41) is 2.81. The van der Waals surface area contributed by atoms with Crippen LogP contribution in [0, 0.1) is 5.92 Å². The number of hydrogen-bond donors (Lipinski definition) is 1. The molecule has 4 nitrogen and oxygen atoms in total. The van der Waals surface area contributed by atoms with Gasteiger partial charge in [-0.1, -0.05) is 0 Å². The van der Waals surface area contributed by atoms with Gasteiger partial charge in [0.15, 0.2) is 9.84 Å². The summed E-state index contributed by atoms with van der Waals surface area (Å²) in [5.74, 6) is -0.420. The summed E-state index contributed by atoms with van der Waals surface area (Å²) >= 11 is 5.81. The number of halogens is 1. The average Bonchev–Trinajstić information content (AvgIpc) is 2.44. The van der Waals surface area contributed by atoms with Crippen molar-refractivity contribution in [2.45, 2.75) is 38.1 Å². The van der Waals surface area contributed by atoms with E-state index in [4.69, 9.17) is 11.6 Å². The average molecular weight is 268 g/mol. The fourth-order valence-electron chi connectivity index (χ4n) is 1.91. The number of amides is 1. The van der Waals surface area contributed by atoms with E-state index < -0.39 is 9.84 Å². The Morgan fingerprint density at radius 3 is 2.56 bits per heavy atom. The van der Waals surface area contributed by atoms with Crippen molar-refractivity contribution in [3.05, 3.63) is 0 Å². The molecule has 1 aliphatic rings. The van der Waals surface area contributed by atoms with E-state index in [-0.39, 0.29) is 34.7 Å². The van der Waals surface area contributed by atoms with Gasteiger partial charge in [0.05, 0.1) is 17.4 Å². The molecule has 0 aromatic rings. The van der Waals surface area contributed by atoms with Gasteiger partial charge in [-0.2, -0.15) is 0 Å². The van der Waals surface area contributed by atoms with Crippen LogP contribution in [0.3, 0.4) is 0 Å².